The quantitative estimate of drug-likeness (QED) is 0.284. The van der Waals surface area contributed by atoms with E-state index in [9.17, 15) is 0 Å². The van der Waals surface area contributed by atoms with Gasteiger partial charge in [0.15, 0.2) is 0 Å². The fraction of sp³-hybridized carbons (Fsp3) is 0. The molecule has 0 unspecified atom stereocenters. The SMILES string of the molecule is [Al+3].[F-].[F-].[F-].[F-].[F-].[F-].[Rb+]. The zero-order valence-corrected chi connectivity index (χ0v) is 9.92. The Kier molecular flexibility index (Phi) is 4080. The Hall–Kier alpha value is 1.92. The molecule has 8 heavy (non-hydrogen) atoms. The van der Waals surface area contributed by atoms with E-state index in [1.165, 1.54) is 0 Å². The molecule has 0 fully saturated rings. The third-order valence-electron chi connectivity index (χ3n) is 0. The Morgan fingerprint density at radius 3 is 0.375 bits per heavy atom. The summed E-state index contributed by atoms with van der Waals surface area (Å²) in [5.74, 6) is 0. The van der Waals surface area contributed by atoms with Crippen molar-refractivity contribution < 1.29 is 86.4 Å². The first-order valence-corrected chi connectivity index (χ1v) is 0. The monoisotopic (exact) mass is 226 g/mol. The topological polar surface area (TPSA) is 0 Å². The van der Waals surface area contributed by atoms with E-state index < -0.39 is 0 Å². The van der Waals surface area contributed by atoms with Crippen molar-refractivity contribution in [1.29, 1.82) is 0 Å². The van der Waals surface area contributed by atoms with Gasteiger partial charge in [0.2, 0.25) is 0 Å². The Labute approximate surface area is 102 Å². The molecule has 8 heteroatoms. The summed E-state index contributed by atoms with van der Waals surface area (Å²) in [5.41, 5.74) is 0. The largest absolute Gasteiger partial charge is 3.00 e. The first-order chi connectivity index (χ1) is 0. The molecule has 0 saturated heterocycles. The first kappa shape index (κ1) is 214. The summed E-state index contributed by atoms with van der Waals surface area (Å²) in [5, 5.41) is 0. The van der Waals surface area contributed by atoms with Gasteiger partial charge in [0.25, 0.3) is 0 Å². The fourth-order valence-electron chi connectivity index (χ4n) is 0. The molecule has 0 N–H and O–H groups in total. The standard InChI is InChI=1S/Al.6FH.Rb/h;6*1H;/q+3;;;;;;;+1/p-6. The van der Waals surface area contributed by atoms with Crippen molar-refractivity contribution in [2.24, 2.45) is 0 Å². The molecule has 0 saturated carbocycles. The molecule has 0 aromatic rings. The van der Waals surface area contributed by atoms with Crippen LogP contribution in [0.4, 0.5) is 0 Å². The fourth-order valence-corrected chi connectivity index (χ4v) is 0. The van der Waals surface area contributed by atoms with Gasteiger partial charge in [-0.15, -0.1) is 0 Å². The molecular formula is AlF6Rb-2. The van der Waals surface area contributed by atoms with Gasteiger partial charge in [-0.3, -0.25) is 0 Å². The summed E-state index contributed by atoms with van der Waals surface area (Å²) in [7, 11) is 0. The third-order valence-corrected chi connectivity index (χ3v) is 0. The summed E-state index contributed by atoms with van der Waals surface area (Å²) in [6, 6.07) is 0. The van der Waals surface area contributed by atoms with Crippen molar-refractivity contribution in [2.75, 3.05) is 0 Å². The normalized spacial score (nSPS) is 0. The van der Waals surface area contributed by atoms with Crippen LogP contribution in [0, 0.1) is 0 Å². The Bertz CT molecular complexity index is 8.49. The summed E-state index contributed by atoms with van der Waals surface area (Å²) in [4.78, 5) is 0. The molecule has 0 bridgehead atoms. The smallest absolute Gasteiger partial charge is 1.00 e. The van der Waals surface area contributed by atoms with Crippen molar-refractivity contribution in [3.63, 3.8) is 0 Å². The van der Waals surface area contributed by atoms with E-state index in [0.717, 1.165) is 0 Å². The average Bonchev–Trinajstić information content (AvgIpc) is 0. The summed E-state index contributed by atoms with van der Waals surface area (Å²) in [6.45, 7) is 0. The van der Waals surface area contributed by atoms with Crippen molar-refractivity contribution in [1.82, 2.24) is 0 Å². The molecule has 0 spiro atoms. The molecule has 0 amide bonds. The maximum atomic E-state index is 0. The molecule has 0 aliphatic rings. The van der Waals surface area contributed by atoms with Gasteiger partial charge in [0, 0.05) is 0 Å². The minimum atomic E-state index is 0. The molecular weight excluding hydrogens is 226 g/mol. The van der Waals surface area contributed by atoms with E-state index >= 15 is 0 Å². The van der Waals surface area contributed by atoms with Crippen LogP contribution in [-0.2, 0) is 0 Å². The van der Waals surface area contributed by atoms with E-state index in [2.05, 4.69) is 0 Å². The van der Waals surface area contributed by atoms with Gasteiger partial charge in [-0.1, -0.05) is 0 Å². The van der Waals surface area contributed by atoms with Crippen LogP contribution in [0.1, 0.15) is 0 Å². The maximum Gasteiger partial charge on any atom is 3.00 e. The number of hydrogen-bond acceptors (Lipinski definition) is 0. The van der Waals surface area contributed by atoms with Crippen LogP contribution in [0.2, 0.25) is 0 Å². The van der Waals surface area contributed by atoms with E-state index in [0.29, 0.717) is 0 Å². The molecule has 0 rings (SSSR count). The third kappa shape index (κ3) is 103. The molecule has 48 valence electrons. The summed E-state index contributed by atoms with van der Waals surface area (Å²) < 4.78 is 0. The Morgan fingerprint density at radius 1 is 0.375 bits per heavy atom. The molecule has 0 aromatic heterocycles. The molecule has 0 aliphatic heterocycles. The van der Waals surface area contributed by atoms with E-state index in [-0.39, 0.29) is 104 Å². The van der Waals surface area contributed by atoms with E-state index in [1.807, 2.05) is 0 Å². The zero-order valence-electron chi connectivity index (χ0n) is 3.85. The van der Waals surface area contributed by atoms with Crippen molar-refractivity contribution in [2.45, 2.75) is 0 Å². The Morgan fingerprint density at radius 2 is 0.375 bits per heavy atom. The molecule has 0 heterocycles. The molecule has 0 radical (unpaired) electrons. The number of hydrogen-bond donors (Lipinski definition) is 0. The second-order valence-corrected chi connectivity index (χ2v) is 0. The summed E-state index contributed by atoms with van der Waals surface area (Å²) in [6.07, 6.45) is 0. The van der Waals surface area contributed by atoms with Gasteiger partial charge >= 0.3 is 75.5 Å². The number of halogens is 6. The van der Waals surface area contributed by atoms with Crippen LogP contribution in [-0.4, -0.2) is 17.4 Å². The van der Waals surface area contributed by atoms with Crippen LogP contribution >= 0.6 is 0 Å². The van der Waals surface area contributed by atoms with E-state index in [4.69, 9.17) is 0 Å². The van der Waals surface area contributed by atoms with Gasteiger partial charge in [-0.2, -0.15) is 0 Å². The van der Waals surface area contributed by atoms with Gasteiger partial charge in [-0.05, 0) is 0 Å². The molecule has 0 atom stereocenters. The van der Waals surface area contributed by atoms with Crippen molar-refractivity contribution in [3.05, 3.63) is 0 Å². The van der Waals surface area contributed by atoms with Crippen LogP contribution in [0.3, 0.4) is 0 Å². The van der Waals surface area contributed by atoms with Gasteiger partial charge in [0.05, 0.1) is 0 Å². The molecule has 0 aliphatic carbocycles. The summed E-state index contributed by atoms with van der Waals surface area (Å²) >= 11 is 0. The second kappa shape index (κ2) is 152. The number of rotatable bonds is 0. The van der Waals surface area contributed by atoms with Gasteiger partial charge in [-0.25, -0.2) is 0 Å². The average molecular weight is 226 g/mol. The predicted octanol–water partition coefficient (Wildman–Crippen LogP) is -21.4. The second-order valence-electron chi connectivity index (χ2n) is 0. The van der Waals surface area contributed by atoms with E-state index in [1.54, 1.807) is 0 Å². The van der Waals surface area contributed by atoms with Gasteiger partial charge in [0.1, 0.15) is 0 Å². The van der Waals surface area contributed by atoms with Crippen LogP contribution in [0.15, 0.2) is 0 Å². The first-order valence-electron chi connectivity index (χ1n) is 0. The van der Waals surface area contributed by atoms with Crippen molar-refractivity contribution in [3.8, 4) is 0 Å². The molecule has 0 nitrogen and oxygen atoms in total. The van der Waals surface area contributed by atoms with Crippen molar-refractivity contribution >= 4 is 17.4 Å². The zero-order chi connectivity index (χ0) is 0. The van der Waals surface area contributed by atoms with Crippen LogP contribution in [0.25, 0.3) is 0 Å². The Balaban J connectivity index is 0. The minimum absolute atomic E-state index is 0. The predicted molar refractivity (Wildman–Crippen MR) is 5.75 cm³/mol. The van der Waals surface area contributed by atoms with Crippen LogP contribution in [0.5, 0.6) is 0 Å². The van der Waals surface area contributed by atoms with Crippen LogP contribution < -0.4 is 86.4 Å². The van der Waals surface area contributed by atoms with Gasteiger partial charge < -0.3 is 28.2 Å². The molecule has 0 aromatic carbocycles. The maximum absolute atomic E-state index is 0. The minimum Gasteiger partial charge on any atom is -1.00 e.